The zero-order valence-corrected chi connectivity index (χ0v) is 16.6. The number of nitrogens with two attached hydrogens (primary N) is 1. The molecule has 2 N–H and O–H groups in total. The third-order valence-corrected chi connectivity index (χ3v) is 5.38. The van der Waals surface area contributed by atoms with E-state index in [4.69, 9.17) is 17.3 Å². The quantitative estimate of drug-likeness (QED) is 0.822. The topological polar surface area (TPSA) is 75.4 Å². The second-order valence-electron chi connectivity index (χ2n) is 6.73. The Balaban J connectivity index is 1.91. The number of benzene rings is 1. The van der Waals surface area contributed by atoms with Crippen LogP contribution in [0.2, 0.25) is 5.02 Å². The molecule has 1 unspecified atom stereocenters. The summed E-state index contributed by atoms with van der Waals surface area (Å²) in [4.78, 5) is 25.4. The van der Waals surface area contributed by atoms with Gasteiger partial charge in [0.2, 0.25) is 11.9 Å². The van der Waals surface area contributed by atoms with Crippen LogP contribution in [0.1, 0.15) is 38.4 Å². The van der Waals surface area contributed by atoms with Crippen LogP contribution in [0.15, 0.2) is 30.5 Å². The van der Waals surface area contributed by atoms with Crippen LogP contribution in [0.25, 0.3) is 11.1 Å². The van der Waals surface area contributed by atoms with E-state index in [2.05, 4.69) is 14.9 Å². The smallest absolute Gasteiger partial charge is 0.236 e. The van der Waals surface area contributed by atoms with Crippen molar-refractivity contribution in [2.75, 3.05) is 31.9 Å². The van der Waals surface area contributed by atoms with E-state index in [-0.39, 0.29) is 17.9 Å². The summed E-state index contributed by atoms with van der Waals surface area (Å²) in [6, 6.07) is 7.68. The lowest BCUT2D eigenvalue weighted by Gasteiger charge is -2.28. The Hall–Kier alpha value is -2.18. The van der Waals surface area contributed by atoms with Gasteiger partial charge in [0.1, 0.15) is 0 Å². The van der Waals surface area contributed by atoms with E-state index in [0.717, 1.165) is 49.3 Å². The summed E-state index contributed by atoms with van der Waals surface area (Å²) in [5.41, 5.74) is 8.72. The highest BCUT2D eigenvalue weighted by atomic mass is 35.5. The fraction of sp³-hybridized carbons (Fsp3) is 0.450. The standard InChI is InChI=1S/C20H26ClN5O/c1-3-25(4-2)18(27)13-26-11-5-6-17(26)19-16(12-23-20(22)24-19)14-7-9-15(21)10-8-14/h7-10,12,17H,3-6,11,13H2,1-2H3,(H2,22,23,24). The van der Waals surface area contributed by atoms with Crippen LogP contribution in [0.3, 0.4) is 0 Å². The number of carbonyl (C=O) groups excluding carboxylic acids is 1. The van der Waals surface area contributed by atoms with E-state index >= 15 is 0 Å². The third kappa shape index (κ3) is 4.39. The van der Waals surface area contributed by atoms with Crippen molar-refractivity contribution >= 4 is 23.5 Å². The van der Waals surface area contributed by atoms with Gasteiger partial charge in [-0.2, -0.15) is 0 Å². The molecule has 1 aliphatic rings. The molecule has 6 nitrogen and oxygen atoms in total. The molecule has 7 heteroatoms. The Morgan fingerprint density at radius 3 is 2.67 bits per heavy atom. The molecule has 0 aliphatic carbocycles. The third-order valence-electron chi connectivity index (χ3n) is 5.13. The van der Waals surface area contributed by atoms with Crippen LogP contribution >= 0.6 is 11.6 Å². The number of aromatic nitrogens is 2. The molecule has 3 rings (SSSR count). The molecule has 1 amide bonds. The molecule has 144 valence electrons. The van der Waals surface area contributed by atoms with E-state index < -0.39 is 0 Å². The first kappa shape index (κ1) is 19.6. The predicted octanol–water partition coefficient (Wildman–Crippen LogP) is 3.38. The lowest BCUT2D eigenvalue weighted by atomic mass is 10.00. The van der Waals surface area contributed by atoms with E-state index in [1.54, 1.807) is 6.20 Å². The van der Waals surface area contributed by atoms with Crippen molar-refractivity contribution in [2.24, 2.45) is 0 Å². The van der Waals surface area contributed by atoms with Crippen LogP contribution in [-0.4, -0.2) is 51.9 Å². The average Bonchev–Trinajstić information content (AvgIpc) is 3.11. The fourth-order valence-corrected chi connectivity index (χ4v) is 3.82. The number of anilines is 1. The Morgan fingerprint density at radius 2 is 2.00 bits per heavy atom. The molecule has 0 saturated carbocycles. The molecule has 1 aliphatic heterocycles. The zero-order valence-electron chi connectivity index (χ0n) is 15.9. The molecule has 0 bridgehead atoms. The maximum absolute atomic E-state index is 12.6. The van der Waals surface area contributed by atoms with E-state index in [1.165, 1.54) is 0 Å². The summed E-state index contributed by atoms with van der Waals surface area (Å²) in [6.07, 6.45) is 3.74. The lowest BCUT2D eigenvalue weighted by molar-refractivity contribution is -0.132. The summed E-state index contributed by atoms with van der Waals surface area (Å²) < 4.78 is 0. The van der Waals surface area contributed by atoms with Gasteiger partial charge in [-0.3, -0.25) is 9.69 Å². The number of carbonyl (C=O) groups is 1. The summed E-state index contributed by atoms with van der Waals surface area (Å²) in [5.74, 6) is 0.409. The SMILES string of the molecule is CCN(CC)C(=O)CN1CCCC1c1nc(N)ncc1-c1ccc(Cl)cc1. The van der Waals surface area contributed by atoms with Crippen LogP contribution < -0.4 is 5.73 Å². The van der Waals surface area contributed by atoms with E-state index in [1.807, 2.05) is 43.0 Å². The minimum atomic E-state index is 0.0560. The number of halogens is 1. The van der Waals surface area contributed by atoms with Crippen molar-refractivity contribution in [2.45, 2.75) is 32.7 Å². The fourth-order valence-electron chi connectivity index (χ4n) is 3.69. The predicted molar refractivity (Wildman–Crippen MR) is 108 cm³/mol. The number of hydrogen-bond donors (Lipinski definition) is 1. The molecular formula is C20H26ClN5O. The molecule has 1 aromatic carbocycles. The number of rotatable bonds is 6. The molecule has 0 radical (unpaired) electrons. The number of amides is 1. The van der Waals surface area contributed by atoms with Gasteiger partial charge in [0.05, 0.1) is 18.3 Å². The maximum Gasteiger partial charge on any atom is 0.236 e. The van der Waals surface area contributed by atoms with Crippen molar-refractivity contribution in [1.82, 2.24) is 19.8 Å². The van der Waals surface area contributed by atoms with Crippen LogP contribution in [0.5, 0.6) is 0 Å². The van der Waals surface area contributed by atoms with Gasteiger partial charge in [0, 0.05) is 29.9 Å². The normalized spacial score (nSPS) is 17.2. The van der Waals surface area contributed by atoms with Crippen molar-refractivity contribution < 1.29 is 4.79 Å². The van der Waals surface area contributed by atoms with Gasteiger partial charge < -0.3 is 10.6 Å². The first-order valence-corrected chi connectivity index (χ1v) is 9.81. The van der Waals surface area contributed by atoms with Crippen LogP contribution in [0.4, 0.5) is 5.95 Å². The molecule has 1 aromatic heterocycles. The first-order chi connectivity index (χ1) is 13.0. The number of nitrogen functional groups attached to an aromatic ring is 1. The Bertz CT molecular complexity index is 791. The molecule has 2 heterocycles. The van der Waals surface area contributed by atoms with Gasteiger partial charge in [0.25, 0.3) is 0 Å². The second kappa shape index (κ2) is 8.67. The highest BCUT2D eigenvalue weighted by Crippen LogP contribution is 2.36. The minimum Gasteiger partial charge on any atom is -0.368 e. The number of hydrogen-bond acceptors (Lipinski definition) is 5. The lowest BCUT2D eigenvalue weighted by Crippen LogP contribution is -2.40. The molecule has 2 aromatic rings. The van der Waals surface area contributed by atoms with E-state index in [9.17, 15) is 4.79 Å². The van der Waals surface area contributed by atoms with Crippen molar-refractivity contribution in [3.63, 3.8) is 0 Å². The van der Waals surface area contributed by atoms with Gasteiger partial charge in [-0.05, 0) is 50.9 Å². The molecular weight excluding hydrogens is 362 g/mol. The number of likely N-dealkylation sites (tertiary alicyclic amines) is 1. The summed E-state index contributed by atoms with van der Waals surface area (Å²) in [5, 5.41) is 0.684. The molecule has 1 saturated heterocycles. The van der Waals surface area contributed by atoms with Crippen molar-refractivity contribution in [3.05, 3.63) is 41.2 Å². The monoisotopic (exact) mass is 387 g/mol. The Morgan fingerprint density at radius 1 is 1.30 bits per heavy atom. The Labute approximate surface area is 165 Å². The molecule has 0 spiro atoms. The van der Waals surface area contributed by atoms with Gasteiger partial charge in [-0.1, -0.05) is 23.7 Å². The largest absolute Gasteiger partial charge is 0.368 e. The Kier molecular flexibility index (Phi) is 6.29. The average molecular weight is 388 g/mol. The maximum atomic E-state index is 12.6. The summed E-state index contributed by atoms with van der Waals surface area (Å²) in [7, 11) is 0. The highest BCUT2D eigenvalue weighted by molar-refractivity contribution is 6.30. The minimum absolute atomic E-state index is 0.0560. The van der Waals surface area contributed by atoms with Gasteiger partial charge in [-0.15, -0.1) is 0 Å². The van der Waals surface area contributed by atoms with Gasteiger partial charge in [-0.25, -0.2) is 9.97 Å². The van der Waals surface area contributed by atoms with E-state index in [0.29, 0.717) is 11.6 Å². The molecule has 1 atom stereocenters. The summed E-state index contributed by atoms with van der Waals surface area (Å²) in [6.45, 7) is 6.74. The van der Waals surface area contributed by atoms with Crippen LogP contribution in [0, 0.1) is 0 Å². The van der Waals surface area contributed by atoms with Gasteiger partial charge in [0.15, 0.2) is 0 Å². The number of nitrogens with zero attached hydrogens (tertiary/aromatic N) is 4. The highest BCUT2D eigenvalue weighted by Gasteiger charge is 2.31. The van der Waals surface area contributed by atoms with Crippen molar-refractivity contribution in [3.8, 4) is 11.1 Å². The van der Waals surface area contributed by atoms with Crippen LogP contribution in [-0.2, 0) is 4.79 Å². The summed E-state index contributed by atoms with van der Waals surface area (Å²) >= 11 is 6.03. The molecule has 1 fully saturated rings. The molecule has 27 heavy (non-hydrogen) atoms. The first-order valence-electron chi connectivity index (χ1n) is 9.43. The second-order valence-corrected chi connectivity index (χ2v) is 7.16. The zero-order chi connectivity index (χ0) is 19.4. The van der Waals surface area contributed by atoms with Gasteiger partial charge >= 0.3 is 0 Å². The number of likely N-dealkylation sites (N-methyl/N-ethyl adjacent to an activating group) is 1. The van der Waals surface area contributed by atoms with Crippen molar-refractivity contribution in [1.29, 1.82) is 0 Å².